The first kappa shape index (κ1) is 18.4. The number of rotatable bonds is 6. The summed E-state index contributed by atoms with van der Waals surface area (Å²) in [5.41, 5.74) is 3.28. The molecule has 0 radical (unpaired) electrons. The summed E-state index contributed by atoms with van der Waals surface area (Å²) >= 11 is 0. The predicted octanol–water partition coefficient (Wildman–Crippen LogP) is 4.13. The lowest BCUT2D eigenvalue weighted by molar-refractivity contribution is 0.0602. The largest absolute Gasteiger partial charge is 0.334 e. The van der Waals surface area contributed by atoms with E-state index in [2.05, 4.69) is 52.5 Å². The average molecular weight is 389 g/mol. The third-order valence-electron chi connectivity index (χ3n) is 6.80. The number of aromatic nitrogens is 2. The summed E-state index contributed by atoms with van der Waals surface area (Å²) in [6.07, 6.45) is 4.61. The number of amides is 1. The highest BCUT2D eigenvalue weighted by Gasteiger charge is 2.60. The van der Waals surface area contributed by atoms with Gasteiger partial charge in [0, 0.05) is 24.7 Å². The van der Waals surface area contributed by atoms with Gasteiger partial charge in [-0.2, -0.15) is 0 Å². The van der Waals surface area contributed by atoms with Gasteiger partial charge in [-0.25, -0.2) is 4.98 Å². The highest BCUT2D eigenvalue weighted by atomic mass is 16.2. The van der Waals surface area contributed by atoms with Crippen molar-refractivity contribution < 1.29 is 4.79 Å². The van der Waals surface area contributed by atoms with Gasteiger partial charge in [0.1, 0.15) is 0 Å². The quantitative estimate of drug-likeness (QED) is 0.668. The number of aromatic amines is 1. The molecule has 0 unspecified atom stereocenters. The highest BCUT2D eigenvalue weighted by molar-refractivity contribution is 5.94. The van der Waals surface area contributed by atoms with E-state index in [4.69, 9.17) is 0 Å². The molecule has 1 aromatic heterocycles. The summed E-state index contributed by atoms with van der Waals surface area (Å²) < 4.78 is 0. The molecule has 5 heteroatoms. The van der Waals surface area contributed by atoms with Crippen LogP contribution in [0.5, 0.6) is 0 Å². The number of benzene rings is 2. The average Bonchev–Trinajstić information content (AvgIpc) is 3.35. The third kappa shape index (κ3) is 3.33. The van der Waals surface area contributed by atoms with E-state index in [1.807, 2.05) is 29.2 Å². The van der Waals surface area contributed by atoms with Crippen molar-refractivity contribution in [2.24, 2.45) is 5.92 Å². The van der Waals surface area contributed by atoms with E-state index < -0.39 is 0 Å². The van der Waals surface area contributed by atoms with Crippen LogP contribution in [0.4, 0.5) is 0 Å². The number of hydrogen-bond donors (Lipinski definition) is 2. The molecule has 0 saturated heterocycles. The molecule has 0 bridgehead atoms. The number of hydrogen-bond acceptors (Lipinski definition) is 3. The van der Waals surface area contributed by atoms with Crippen LogP contribution in [0.2, 0.25) is 0 Å². The van der Waals surface area contributed by atoms with Gasteiger partial charge in [-0.15, -0.1) is 0 Å². The molecule has 2 aliphatic rings. The second-order valence-corrected chi connectivity index (χ2v) is 8.46. The molecule has 5 rings (SSSR count). The van der Waals surface area contributed by atoms with E-state index >= 15 is 0 Å². The van der Waals surface area contributed by atoms with E-state index in [1.54, 1.807) is 0 Å². The maximum atomic E-state index is 13.3. The van der Waals surface area contributed by atoms with E-state index in [0.717, 1.165) is 36.8 Å². The Bertz CT molecular complexity index is 981. The second kappa shape index (κ2) is 7.30. The Balaban J connectivity index is 1.32. The van der Waals surface area contributed by atoms with Crippen LogP contribution in [0.15, 0.2) is 54.6 Å². The van der Waals surface area contributed by atoms with Crippen molar-refractivity contribution in [1.82, 2.24) is 20.2 Å². The van der Waals surface area contributed by atoms with Crippen molar-refractivity contribution in [2.45, 2.75) is 50.7 Å². The fraction of sp³-hybridized carbons (Fsp3) is 0.417. The molecule has 3 aromatic rings. The molecule has 0 spiro atoms. The zero-order valence-electron chi connectivity index (χ0n) is 16.9. The van der Waals surface area contributed by atoms with Crippen LogP contribution >= 0.6 is 0 Å². The van der Waals surface area contributed by atoms with Crippen LogP contribution in [0.1, 0.15) is 48.8 Å². The fourth-order valence-corrected chi connectivity index (χ4v) is 5.21. The van der Waals surface area contributed by atoms with Crippen LogP contribution < -0.4 is 5.32 Å². The number of imidazole rings is 1. The van der Waals surface area contributed by atoms with Gasteiger partial charge in [0.25, 0.3) is 5.91 Å². The summed E-state index contributed by atoms with van der Waals surface area (Å²) in [6, 6.07) is 18.7. The van der Waals surface area contributed by atoms with Crippen molar-refractivity contribution in [3.8, 4) is 0 Å². The van der Waals surface area contributed by atoms with Crippen molar-refractivity contribution in [3.05, 3.63) is 66.0 Å². The van der Waals surface area contributed by atoms with Crippen molar-refractivity contribution in [1.29, 1.82) is 0 Å². The van der Waals surface area contributed by atoms with Crippen molar-refractivity contribution in [2.75, 3.05) is 6.54 Å². The van der Waals surface area contributed by atoms with Gasteiger partial charge in [0.2, 0.25) is 0 Å². The molecule has 1 amide bonds. The lowest BCUT2D eigenvalue weighted by atomic mass is 9.89. The summed E-state index contributed by atoms with van der Waals surface area (Å²) in [4.78, 5) is 23.1. The molecule has 3 atom stereocenters. The van der Waals surface area contributed by atoms with E-state index in [9.17, 15) is 4.79 Å². The summed E-state index contributed by atoms with van der Waals surface area (Å²) in [5, 5.41) is 3.84. The number of fused-ring (bicyclic) bond motifs is 2. The number of H-pyrrole nitrogens is 1. The van der Waals surface area contributed by atoms with E-state index in [0.29, 0.717) is 18.3 Å². The Morgan fingerprint density at radius 1 is 1.21 bits per heavy atom. The molecule has 5 nitrogen and oxygen atoms in total. The number of para-hydroxylation sites is 2. The highest BCUT2D eigenvalue weighted by Crippen LogP contribution is 2.55. The van der Waals surface area contributed by atoms with Gasteiger partial charge in [-0.1, -0.05) is 42.5 Å². The molecule has 2 N–H and O–H groups in total. The fourth-order valence-electron chi connectivity index (χ4n) is 5.21. The Morgan fingerprint density at radius 2 is 2.00 bits per heavy atom. The van der Waals surface area contributed by atoms with Crippen molar-refractivity contribution >= 4 is 16.9 Å². The molecule has 1 heterocycles. The molecule has 0 aliphatic heterocycles. The van der Waals surface area contributed by atoms with Crippen molar-refractivity contribution in [3.63, 3.8) is 0 Å². The molecular weight excluding hydrogens is 360 g/mol. The lowest BCUT2D eigenvalue weighted by Crippen LogP contribution is -2.48. The molecule has 2 aliphatic carbocycles. The minimum Gasteiger partial charge on any atom is -0.334 e. The van der Waals surface area contributed by atoms with Crippen LogP contribution in [0.3, 0.4) is 0 Å². The number of nitrogens with zero attached hydrogens (tertiary/aromatic N) is 2. The maximum absolute atomic E-state index is 13.3. The first-order valence-corrected chi connectivity index (χ1v) is 10.7. The maximum Gasteiger partial charge on any atom is 0.289 e. The van der Waals surface area contributed by atoms with Gasteiger partial charge in [0.05, 0.1) is 11.0 Å². The zero-order chi connectivity index (χ0) is 19.8. The lowest BCUT2D eigenvalue weighted by Gasteiger charge is -2.36. The monoisotopic (exact) mass is 388 g/mol. The SMILES string of the molecule is CCN(C(=O)c1nc2ccccc2[nH]1)[C@H]1CCC[C@]2(NCc3ccccc3)C[C@H]12. The second-order valence-electron chi connectivity index (χ2n) is 8.46. The van der Waals surface area contributed by atoms with Crippen LogP contribution in [-0.4, -0.2) is 38.9 Å². The van der Waals surface area contributed by atoms with E-state index in [-0.39, 0.29) is 17.5 Å². The van der Waals surface area contributed by atoms with Crippen LogP contribution in [-0.2, 0) is 6.54 Å². The Hall–Kier alpha value is -2.66. The van der Waals surface area contributed by atoms with Gasteiger partial charge >= 0.3 is 0 Å². The molecule has 2 aromatic carbocycles. The summed E-state index contributed by atoms with van der Waals surface area (Å²) in [6.45, 7) is 3.69. The number of nitrogens with one attached hydrogen (secondary N) is 2. The topological polar surface area (TPSA) is 61.0 Å². The van der Waals surface area contributed by atoms with Gasteiger partial charge in [0.15, 0.2) is 5.82 Å². The third-order valence-corrected chi connectivity index (χ3v) is 6.80. The molecule has 2 saturated carbocycles. The standard InChI is InChI=1S/C24H28N4O/c1-2-28(23(29)22-26-19-11-6-7-12-20(19)27-22)21-13-8-14-24(15-18(21)24)25-16-17-9-4-3-5-10-17/h3-7,9-12,18,21,25H,2,8,13-16H2,1H3,(H,26,27)/t18-,21+,24+/m1/s1. The first-order valence-electron chi connectivity index (χ1n) is 10.7. The van der Waals surface area contributed by atoms with Gasteiger partial charge in [-0.05, 0) is 56.2 Å². The van der Waals surface area contributed by atoms with Gasteiger partial charge in [-0.3, -0.25) is 4.79 Å². The van der Waals surface area contributed by atoms with E-state index in [1.165, 1.54) is 12.0 Å². The predicted molar refractivity (Wildman–Crippen MR) is 115 cm³/mol. The zero-order valence-corrected chi connectivity index (χ0v) is 16.9. The Morgan fingerprint density at radius 3 is 2.79 bits per heavy atom. The summed E-state index contributed by atoms with van der Waals surface area (Å²) in [5.74, 6) is 1.02. The number of carbonyl (C=O) groups is 1. The Kier molecular flexibility index (Phi) is 4.63. The van der Waals surface area contributed by atoms with Crippen LogP contribution in [0, 0.1) is 5.92 Å². The molecule has 2 fully saturated rings. The minimum absolute atomic E-state index is 0.0273. The molecular formula is C24H28N4O. The number of carbonyl (C=O) groups excluding carboxylic acids is 1. The summed E-state index contributed by atoms with van der Waals surface area (Å²) in [7, 11) is 0. The smallest absolute Gasteiger partial charge is 0.289 e. The van der Waals surface area contributed by atoms with Gasteiger partial charge < -0.3 is 15.2 Å². The normalized spacial score (nSPS) is 25.6. The minimum atomic E-state index is 0.0273. The molecule has 29 heavy (non-hydrogen) atoms. The first-order chi connectivity index (χ1) is 14.2. The van der Waals surface area contributed by atoms with Crippen LogP contribution in [0.25, 0.3) is 11.0 Å². The Labute approximate surface area is 171 Å². The molecule has 150 valence electrons.